The zero-order valence-corrected chi connectivity index (χ0v) is 10.9. The van der Waals surface area contributed by atoms with Crippen molar-refractivity contribution in [3.8, 4) is 0 Å². The van der Waals surface area contributed by atoms with Crippen molar-refractivity contribution in [3.63, 3.8) is 0 Å². The Morgan fingerprint density at radius 2 is 2.00 bits per heavy atom. The number of hydrogen-bond donors (Lipinski definition) is 2. The Bertz CT molecular complexity index is 444. The van der Waals surface area contributed by atoms with E-state index in [2.05, 4.69) is 15.4 Å². The molecule has 0 bridgehead atoms. The number of amides is 2. The van der Waals surface area contributed by atoms with Gasteiger partial charge in [-0.25, -0.2) is 4.79 Å². The summed E-state index contributed by atoms with van der Waals surface area (Å²) < 4.78 is 4.66. The zero-order chi connectivity index (χ0) is 13.5. The Kier molecular flexibility index (Phi) is 5.17. The fourth-order valence-corrected chi connectivity index (χ4v) is 1.40. The number of rotatable bonds is 4. The summed E-state index contributed by atoms with van der Waals surface area (Å²) in [6, 6.07) is 5.79. The lowest BCUT2D eigenvalue weighted by molar-refractivity contribution is -0.115. The lowest BCUT2D eigenvalue weighted by Crippen LogP contribution is -2.33. The fourth-order valence-electron chi connectivity index (χ4n) is 1.40. The van der Waals surface area contributed by atoms with Gasteiger partial charge in [-0.05, 0) is 38.0 Å². The van der Waals surface area contributed by atoms with Crippen LogP contribution in [0.15, 0.2) is 18.2 Å². The predicted octanol–water partition coefficient (Wildman–Crippen LogP) is 1.99. The summed E-state index contributed by atoms with van der Waals surface area (Å²) in [6.45, 7) is 5.74. The first kappa shape index (κ1) is 14.0. The summed E-state index contributed by atoms with van der Waals surface area (Å²) >= 11 is 0. The van der Waals surface area contributed by atoms with E-state index in [1.807, 2.05) is 32.0 Å². The maximum Gasteiger partial charge on any atom is 0.407 e. The molecule has 1 aromatic carbocycles. The van der Waals surface area contributed by atoms with Crippen LogP contribution in [0.25, 0.3) is 0 Å². The molecule has 5 heteroatoms. The van der Waals surface area contributed by atoms with E-state index in [-0.39, 0.29) is 19.1 Å². The van der Waals surface area contributed by atoms with Crippen molar-refractivity contribution in [1.82, 2.24) is 5.32 Å². The van der Waals surface area contributed by atoms with E-state index in [9.17, 15) is 9.59 Å². The highest BCUT2D eigenvalue weighted by Crippen LogP contribution is 2.15. The molecular formula is C13H18N2O3. The molecule has 0 aliphatic carbocycles. The van der Waals surface area contributed by atoms with Crippen LogP contribution in [0.4, 0.5) is 10.5 Å². The smallest absolute Gasteiger partial charge is 0.407 e. The number of hydrogen-bond acceptors (Lipinski definition) is 3. The molecule has 2 N–H and O–H groups in total. The molecule has 5 nitrogen and oxygen atoms in total. The minimum atomic E-state index is -0.589. The van der Waals surface area contributed by atoms with Gasteiger partial charge in [-0.1, -0.05) is 12.1 Å². The molecule has 0 aromatic heterocycles. The van der Waals surface area contributed by atoms with E-state index in [0.29, 0.717) is 0 Å². The van der Waals surface area contributed by atoms with E-state index < -0.39 is 6.09 Å². The third-order valence-corrected chi connectivity index (χ3v) is 2.34. The molecule has 0 unspecified atom stereocenters. The summed E-state index contributed by atoms with van der Waals surface area (Å²) in [4.78, 5) is 22.6. The van der Waals surface area contributed by atoms with Gasteiger partial charge < -0.3 is 15.4 Å². The SMILES string of the molecule is CCOC(=O)NCC(=O)Nc1cc(C)ccc1C. The number of carbonyl (C=O) groups excluding carboxylic acids is 2. The van der Waals surface area contributed by atoms with Crippen molar-refractivity contribution in [2.75, 3.05) is 18.5 Å². The van der Waals surface area contributed by atoms with Gasteiger partial charge in [0.2, 0.25) is 5.91 Å². The molecule has 1 aromatic rings. The maximum absolute atomic E-state index is 11.6. The maximum atomic E-state index is 11.6. The Hall–Kier alpha value is -2.04. The van der Waals surface area contributed by atoms with Gasteiger partial charge in [-0.3, -0.25) is 4.79 Å². The summed E-state index contributed by atoms with van der Waals surface area (Å²) in [5.74, 6) is -0.281. The van der Waals surface area contributed by atoms with Gasteiger partial charge in [0, 0.05) is 5.69 Å². The molecule has 0 heterocycles. The van der Waals surface area contributed by atoms with E-state index in [1.165, 1.54) is 0 Å². The number of alkyl carbamates (subject to hydrolysis) is 1. The third-order valence-electron chi connectivity index (χ3n) is 2.34. The first-order chi connectivity index (χ1) is 8.52. The molecule has 0 atom stereocenters. The van der Waals surface area contributed by atoms with Crippen LogP contribution in [-0.4, -0.2) is 25.2 Å². The molecule has 0 aliphatic rings. The highest BCUT2D eigenvalue weighted by atomic mass is 16.5. The molecular weight excluding hydrogens is 232 g/mol. The van der Waals surface area contributed by atoms with E-state index in [1.54, 1.807) is 6.92 Å². The summed E-state index contributed by atoms with van der Waals surface area (Å²) in [7, 11) is 0. The van der Waals surface area contributed by atoms with E-state index in [0.717, 1.165) is 16.8 Å². The third kappa shape index (κ3) is 4.45. The molecule has 2 amide bonds. The van der Waals surface area contributed by atoms with E-state index in [4.69, 9.17) is 0 Å². The topological polar surface area (TPSA) is 67.4 Å². The Labute approximate surface area is 107 Å². The lowest BCUT2D eigenvalue weighted by Gasteiger charge is -2.10. The van der Waals surface area contributed by atoms with Crippen molar-refractivity contribution in [3.05, 3.63) is 29.3 Å². The van der Waals surface area contributed by atoms with Crippen molar-refractivity contribution in [1.29, 1.82) is 0 Å². The number of nitrogens with one attached hydrogen (secondary N) is 2. The van der Waals surface area contributed by atoms with Crippen LogP contribution in [0, 0.1) is 13.8 Å². The first-order valence-corrected chi connectivity index (χ1v) is 5.80. The molecule has 0 radical (unpaired) electrons. The summed E-state index contributed by atoms with van der Waals surface area (Å²) in [6.07, 6.45) is -0.589. The van der Waals surface area contributed by atoms with Gasteiger partial charge in [-0.2, -0.15) is 0 Å². The van der Waals surface area contributed by atoms with Crippen LogP contribution in [-0.2, 0) is 9.53 Å². The number of benzene rings is 1. The largest absolute Gasteiger partial charge is 0.450 e. The number of anilines is 1. The number of aryl methyl sites for hydroxylation is 2. The quantitative estimate of drug-likeness (QED) is 0.858. The Morgan fingerprint density at radius 3 is 2.67 bits per heavy atom. The van der Waals surface area contributed by atoms with E-state index >= 15 is 0 Å². The Balaban J connectivity index is 2.49. The minimum absolute atomic E-state index is 0.105. The molecule has 0 saturated carbocycles. The predicted molar refractivity (Wildman–Crippen MR) is 69.6 cm³/mol. The second-order valence-electron chi connectivity index (χ2n) is 3.94. The minimum Gasteiger partial charge on any atom is -0.450 e. The van der Waals surface area contributed by atoms with Crippen LogP contribution < -0.4 is 10.6 Å². The van der Waals surface area contributed by atoms with Gasteiger partial charge in [0.15, 0.2) is 0 Å². The molecule has 0 saturated heterocycles. The zero-order valence-electron chi connectivity index (χ0n) is 10.9. The van der Waals surface area contributed by atoms with Crippen LogP contribution >= 0.6 is 0 Å². The normalized spacial score (nSPS) is 9.72. The highest BCUT2D eigenvalue weighted by Gasteiger charge is 2.07. The molecule has 98 valence electrons. The molecule has 1 rings (SSSR count). The van der Waals surface area contributed by atoms with Crippen LogP contribution in [0.2, 0.25) is 0 Å². The van der Waals surface area contributed by atoms with Crippen LogP contribution in [0.1, 0.15) is 18.1 Å². The van der Waals surface area contributed by atoms with Crippen LogP contribution in [0.5, 0.6) is 0 Å². The van der Waals surface area contributed by atoms with Gasteiger partial charge >= 0.3 is 6.09 Å². The van der Waals surface area contributed by atoms with Gasteiger partial charge in [0.05, 0.1) is 6.61 Å². The van der Waals surface area contributed by atoms with Crippen LogP contribution in [0.3, 0.4) is 0 Å². The fraction of sp³-hybridized carbons (Fsp3) is 0.385. The van der Waals surface area contributed by atoms with Gasteiger partial charge in [0.1, 0.15) is 6.54 Å². The summed E-state index contributed by atoms with van der Waals surface area (Å²) in [5, 5.41) is 5.10. The lowest BCUT2D eigenvalue weighted by atomic mass is 10.1. The number of ether oxygens (including phenoxy) is 1. The van der Waals surface area contributed by atoms with Gasteiger partial charge in [-0.15, -0.1) is 0 Å². The molecule has 0 fully saturated rings. The second kappa shape index (κ2) is 6.64. The molecule has 0 spiro atoms. The average Bonchev–Trinajstić information content (AvgIpc) is 2.32. The first-order valence-electron chi connectivity index (χ1n) is 5.80. The van der Waals surface area contributed by atoms with Crippen molar-refractivity contribution in [2.24, 2.45) is 0 Å². The monoisotopic (exact) mass is 250 g/mol. The second-order valence-corrected chi connectivity index (χ2v) is 3.94. The highest BCUT2D eigenvalue weighted by molar-refractivity contribution is 5.94. The Morgan fingerprint density at radius 1 is 1.28 bits per heavy atom. The summed E-state index contributed by atoms with van der Waals surface area (Å²) in [5.41, 5.74) is 2.80. The van der Waals surface area contributed by atoms with Crippen molar-refractivity contribution < 1.29 is 14.3 Å². The van der Waals surface area contributed by atoms with Crippen molar-refractivity contribution in [2.45, 2.75) is 20.8 Å². The number of carbonyl (C=O) groups is 2. The van der Waals surface area contributed by atoms with Gasteiger partial charge in [0.25, 0.3) is 0 Å². The average molecular weight is 250 g/mol. The molecule has 0 aliphatic heterocycles. The standard InChI is InChI=1S/C13H18N2O3/c1-4-18-13(17)14-8-12(16)15-11-7-9(2)5-6-10(11)3/h5-7H,4,8H2,1-3H3,(H,14,17)(H,15,16). The molecule has 18 heavy (non-hydrogen) atoms. The van der Waals surface area contributed by atoms with Crippen molar-refractivity contribution >= 4 is 17.7 Å².